The number of nitrogens with zero attached hydrogens (tertiary/aromatic N) is 3. The number of fused-ring (bicyclic) bond motifs is 19. The Balaban J connectivity index is 0.953. The fourth-order valence-corrected chi connectivity index (χ4v) is 18.4. The van der Waals surface area contributed by atoms with Crippen LogP contribution in [0.4, 0.5) is 0 Å². The van der Waals surface area contributed by atoms with E-state index in [-0.39, 0.29) is 10.8 Å². The van der Waals surface area contributed by atoms with Crippen molar-refractivity contribution in [2.24, 2.45) is 29.1 Å². The van der Waals surface area contributed by atoms with Gasteiger partial charge in [-0.2, -0.15) is 0 Å². The Hall–Kier alpha value is -5.02. The molecule has 0 amide bonds. The van der Waals surface area contributed by atoms with Crippen LogP contribution in [0.2, 0.25) is 0 Å². The van der Waals surface area contributed by atoms with Crippen molar-refractivity contribution in [1.82, 2.24) is 14.4 Å². The maximum Gasteiger partial charge on any atom is 0.0728 e. The molecule has 4 aromatic carbocycles. The van der Waals surface area contributed by atoms with Crippen molar-refractivity contribution in [1.29, 1.82) is 0 Å². The summed E-state index contributed by atoms with van der Waals surface area (Å²) in [4.78, 5) is 11.2. The molecule has 3 heteroatoms. The maximum absolute atomic E-state index is 5.61. The first-order valence-electron chi connectivity index (χ1n) is 24.6. The van der Waals surface area contributed by atoms with Crippen LogP contribution in [0, 0.1) is 29.1 Å². The summed E-state index contributed by atoms with van der Waals surface area (Å²) >= 11 is 0. The first kappa shape index (κ1) is 33.5. The van der Waals surface area contributed by atoms with Crippen LogP contribution in [-0.4, -0.2) is 14.4 Å². The Bertz CT molecular complexity index is 3440. The second-order valence-corrected chi connectivity index (χ2v) is 23.8. The molecule has 3 nitrogen and oxygen atoms in total. The molecule has 8 aromatic rings. The monoisotopic (exact) mass is 803 g/mol. The Labute approximate surface area is 363 Å². The van der Waals surface area contributed by atoms with E-state index in [0.29, 0.717) is 29.1 Å². The molecule has 7 atom stereocenters. The van der Waals surface area contributed by atoms with Gasteiger partial charge in [-0.15, -0.1) is 0 Å². The van der Waals surface area contributed by atoms with Crippen LogP contribution in [0.1, 0.15) is 160 Å². The van der Waals surface area contributed by atoms with Crippen molar-refractivity contribution >= 4 is 38.1 Å². The van der Waals surface area contributed by atoms with E-state index in [1.54, 1.807) is 32.8 Å². The zero-order valence-electron chi connectivity index (χ0n) is 36.5. The van der Waals surface area contributed by atoms with Crippen molar-refractivity contribution in [3.05, 3.63) is 124 Å². The number of pyridine rings is 2. The number of aromatic nitrogens is 3. The summed E-state index contributed by atoms with van der Waals surface area (Å²) in [6.45, 7) is 9.93. The lowest BCUT2D eigenvalue weighted by molar-refractivity contribution is 0.00321. The molecule has 7 unspecified atom stereocenters. The van der Waals surface area contributed by atoms with E-state index >= 15 is 0 Å². The fraction of sp³-hybridized carbons (Fsp3) is 0.424. The second-order valence-electron chi connectivity index (χ2n) is 23.8. The highest BCUT2D eigenvalue weighted by atomic mass is 15.0. The van der Waals surface area contributed by atoms with Gasteiger partial charge in [0.1, 0.15) is 0 Å². The summed E-state index contributed by atoms with van der Waals surface area (Å²) < 4.78 is 2.72. The smallest absolute Gasteiger partial charge is 0.0728 e. The van der Waals surface area contributed by atoms with E-state index < -0.39 is 0 Å². The van der Waals surface area contributed by atoms with Gasteiger partial charge in [-0.05, 0) is 190 Å². The average Bonchev–Trinajstić information content (AvgIpc) is 4.02. The largest absolute Gasteiger partial charge is 0.305 e. The zero-order valence-corrected chi connectivity index (χ0v) is 36.5. The predicted molar refractivity (Wildman–Crippen MR) is 251 cm³/mol. The zero-order chi connectivity index (χ0) is 40.5. The van der Waals surface area contributed by atoms with Crippen LogP contribution in [0.15, 0.2) is 79.1 Å². The fourth-order valence-electron chi connectivity index (χ4n) is 18.4. The first-order chi connectivity index (χ1) is 30.2. The Kier molecular flexibility index (Phi) is 5.59. The second kappa shape index (κ2) is 10.3. The molecule has 18 rings (SSSR count). The lowest BCUT2D eigenvalue weighted by Gasteiger charge is -2.48. The van der Waals surface area contributed by atoms with Gasteiger partial charge in [-0.1, -0.05) is 76.2 Å². The van der Waals surface area contributed by atoms with Crippen molar-refractivity contribution < 1.29 is 0 Å². The Morgan fingerprint density at radius 3 is 1.90 bits per heavy atom. The summed E-state index contributed by atoms with van der Waals surface area (Å²) in [5.41, 5.74) is 25.1. The molecule has 5 fully saturated rings. The van der Waals surface area contributed by atoms with Gasteiger partial charge in [-0.3, -0.25) is 9.97 Å². The third-order valence-electron chi connectivity index (χ3n) is 20.6. The molecule has 10 aliphatic rings. The minimum Gasteiger partial charge on any atom is -0.305 e. The van der Waals surface area contributed by atoms with Crippen LogP contribution in [0.25, 0.3) is 71.5 Å². The van der Waals surface area contributed by atoms with Crippen LogP contribution in [-0.2, 0) is 10.8 Å². The molecule has 0 saturated heterocycles. The van der Waals surface area contributed by atoms with Gasteiger partial charge < -0.3 is 4.40 Å². The summed E-state index contributed by atoms with van der Waals surface area (Å²) in [5, 5.41) is 6.16. The highest BCUT2D eigenvalue weighted by Crippen LogP contribution is 2.76. The molecule has 7 bridgehead atoms. The molecule has 5 saturated carbocycles. The van der Waals surface area contributed by atoms with Gasteiger partial charge in [0.05, 0.1) is 28.9 Å². The Morgan fingerprint density at radius 1 is 0.516 bits per heavy atom. The molecule has 4 aromatic heterocycles. The molecule has 0 aliphatic heterocycles. The van der Waals surface area contributed by atoms with Gasteiger partial charge in [0.15, 0.2) is 0 Å². The van der Waals surface area contributed by atoms with Gasteiger partial charge in [-0.25, -0.2) is 0 Å². The van der Waals surface area contributed by atoms with Crippen LogP contribution in [0.3, 0.4) is 0 Å². The highest BCUT2D eigenvalue weighted by molar-refractivity contribution is 6.28. The Morgan fingerprint density at radius 2 is 1.13 bits per heavy atom. The van der Waals surface area contributed by atoms with Gasteiger partial charge in [0, 0.05) is 55.6 Å². The van der Waals surface area contributed by atoms with Gasteiger partial charge in [0.2, 0.25) is 0 Å². The summed E-state index contributed by atoms with van der Waals surface area (Å²) in [6.07, 6.45) is 18.5. The number of hydrogen-bond acceptors (Lipinski definition) is 2. The van der Waals surface area contributed by atoms with E-state index in [4.69, 9.17) is 9.97 Å². The molecule has 304 valence electrons. The van der Waals surface area contributed by atoms with Crippen molar-refractivity contribution in [2.75, 3.05) is 0 Å². The van der Waals surface area contributed by atoms with E-state index in [9.17, 15) is 0 Å². The standard InChI is InChI=1S/C59H53N3/c1-57(2)43-8-6-5-7-38(43)39-11-9-30(20-44(39)57)31-10-12-40-41-23-42-50-46(26-61-55-35-19-37-22-36-18-34(49(50)55)24-59(36,37)25-35)62-47-27-60-54-33-16-28-13-29(17-33)15-32(14-28)48(54)51(47)52(56(42)62)53(41)58(3,4)45(40)21-31/h5-12,20-21,23,26-29,32-37H,13-19,22,24-25H2,1-4H3. The van der Waals surface area contributed by atoms with Crippen LogP contribution in [0.5, 0.6) is 0 Å². The molecule has 0 N–H and O–H groups in total. The quantitative estimate of drug-likeness (QED) is 0.165. The van der Waals surface area contributed by atoms with Crippen LogP contribution >= 0.6 is 0 Å². The molecule has 0 radical (unpaired) electrons. The van der Waals surface area contributed by atoms with Crippen molar-refractivity contribution in [2.45, 2.75) is 126 Å². The number of hydrogen-bond donors (Lipinski definition) is 0. The maximum atomic E-state index is 5.61. The molecular weight excluding hydrogens is 751 g/mol. The van der Waals surface area contributed by atoms with E-state index in [1.807, 2.05) is 0 Å². The molecule has 10 aliphatic carbocycles. The minimum absolute atomic E-state index is 0.0210. The molecular formula is C59H53N3. The number of benzene rings is 4. The SMILES string of the molecule is CC1(C)c2ccccc2-c2ccc(-c3ccc4c(c3)C(C)(C)c3c-4cc4c5c6c(ncc5n5c7cnc8c(c7c3c45)C3CC4CC(CC8C4)C3)C3CC4CC5CC6CC45C3)cc21. The first-order valence-corrected chi connectivity index (χ1v) is 24.6. The third kappa shape index (κ3) is 3.57. The lowest BCUT2D eigenvalue weighted by atomic mass is 9.56. The predicted octanol–water partition coefficient (Wildman–Crippen LogP) is 14.7. The minimum atomic E-state index is -0.176. The van der Waals surface area contributed by atoms with E-state index in [2.05, 4.69) is 111 Å². The summed E-state index contributed by atoms with van der Waals surface area (Å²) in [7, 11) is 0. The molecule has 62 heavy (non-hydrogen) atoms. The molecule has 1 spiro atoms. The third-order valence-corrected chi connectivity index (χ3v) is 20.6. The summed E-state index contributed by atoms with van der Waals surface area (Å²) in [5.74, 6) is 6.11. The van der Waals surface area contributed by atoms with Crippen molar-refractivity contribution in [3.8, 4) is 33.4 Å². The van der Waals surface area contributed by atoms with E-state index in [1.165, 1.54) is 148 Å². The van der Waals surface area contributed by atoms with E-state index in [0.717, 1.165) is 23.7 Å². The average molecular weight is 804 g/mol. The topological polar surface area (TPSA) is 30.2 Å². The van der Waals surface area contributed by atoms with Crippen LogP contribution < -0.4 is 0 Å². The van der Waals surface area contributed by atoms with Crippen molar-refractivity contribution in [3.63, 3.8) is 0 Å². The molecule has 4 heterocycles. The summed E-state index contributed by atoms with van der Waals surface area (Å²) in [6, 6.07) is 26.6. The van der Waals surface area contributed by atoms with Gasteiger partial charge >= 0.3 is 0 Å². The normalized spacial score (nSPS) is 32.5. The lowest BCUT2D eigenvalue weighted by Crippen LogP contribution is -2.41. The number of rotatable bonds is 1. The van der Waals surface area contributed by atoms with Gasteiger partial charge in [0.25, 0.3) is 0 Å². The highest BCUT2D eigenvalue weighted by Gasteiger charge is 2.66.